The quantitative estimate of drug-likeness (QED) is 0.503. The molecule has 0 radical (unpaired) electrons. The minimum Gasteiger partial charge on any atom is -0.391 e. The van der Waals surface area contributed by atoms with E-state index in [1.165, 1.54) is 5.19 Å². The summed E-state index contributed by atoms with van der Waals surface area (Å²) in [6.45, 7) is 9.61. The van der Waals surface area contributed by atoms with Crippen molar-refractivity contribution in [1.29, 1.82) is 0 Å². The van der Waals surface area contributed by atoms with Gasteiger partial charge in [0, 0.05) is 19.3 Å². The maximum atomic E-state index is 6.15. The van der Waals surface area contributed by atoms with Gasteiger partial charge in [0.15, 0.2) is 0 Å². The Morgan fingerprint density at radius 2 is 1.61 bits per heavy atom. The molecule has 100 valence electrons. The summed E-state index contributed by atoms with van der Waals surface area (Å²) >= 11 is 0. The third kappa shape index (κ3) is 4.09. The molecule has 0 heterocycles. The minimum atomic E-state index is -2.33. The Kier molecular flexibility index (Phi) is 6.94. The summed E-state index contributed by atoms with van der Waals surface area (Å²) < 4.78 is 12.3. The van der Waals surface area contributed by atoms with Crippen molar-refractivity contribution in [3.63, 3.8) is 0 Å². The van der Waals surface area contributed by atoms with Crippen LogP contribution in [0.2, 0.25) is 6.04 Å². The first kappa shape index (κ1) is 15.2. The van der Waals surface area contributed by atoms with E-state index in [4.69, 9.17) is 8.85 Å². The molecule has 0 N–H and O–H groups in total. The van der Waals surface area contributed by atoms with Crippen molar-refractivity contribution in [3.8, 4) is 0 Å². The Morgan fingerprint density at radius 3 is 2.06 bits per heavy atom. The summed E-state index contributed by atoms with van der Waals surface area (Å²) in [5, 5.41) is 1.20. The molecule has 1 rings (SSSR count). The van der Waals surface area contributed by atoms with Gasteiger partial charge in [-0.3, -0.25) is 0 Å². The van der Waals surface area contributed by atoms with Crippen molar-refractivity contribution in [1.82, 2.24) is 0 Å². The molecule has 0 aromatic heterocycles. The van der Waals surface area contributed by atoms with E-state index in [0.717, 1.165) is 32.1 Å². The van der Waals surface area contributed by atoms with Gasteiger partial charge in [0.2, 0.25) is 0 Å². The second kappa shape index (κ2) is 8.24. The Hall–Kier alpha value is -0.903. The van der Waals surface area contributed by atoms with Gasteiger partial charge in [-0.2, -0.15) is 0 Å². The number of hydrogen-bond donors (Lipinski definition) is 0. The van der Waals surface area contributed by atoms with Crippen LogP contribution in [0.1, 0.15) is 26.7 Å². The lowest BCUT2D eigenvalue weighted by Gasteiger charge is -2.30. The zero-order chi connectivity index (χ0) is 13.3. The van der Waals surface area contributed by atoms with Crippen LogP contribution in [0, 0.1) is 0 Å². The molecule has 0 amide bonds. The first-order valence-electron chi connectivity index (χ1n) is 6.73. The summed E-state index contributed by atoms with van der Waals surface area (Å²) in [6.07, 6.45) is 3.94. The summed E-state index contributed by atoms with van der Waals surface area (Å²) in [7, 11) is -2.33. The molecule has 0 aliphatic heterocycles. The van der Waals surface area contributed by atoms with Crippen LogP contribution in [-0.2, 0) is 8.85 Å². The zero-order valence-electron chi connectivity index (χ0n) is 11.5. The lowest BCUT2D eigenvalue weighted by atomic mass is 10.4. The molecule has 0 bridgehead atoms. The first-order valence-corrected chi connectivity index (χ1v) is 8.75. The largest absolute Gasteiger partial charge is 0.391 e. The monoisotopic (exact) mass is 264 g/mol. The molecule has 0 aliphatic rings. The Morgan fingerprint density at radius 1 is 1.06 bits per heavy atom. The molecule has 0 unspecified atom stereocenters. The molecule has 0 aliphatic carbocycles. The molecular formula is C15H24O2Si. The molecule has 0 saturated heterocycles. The lowest BCUT2D eigenvalue weighted by molar-refractivity contribution is 0.182. The van der Waals surface area contributed by atoms with Gasteiger partial charge in [0.05, 0.1) is 0 Å². The van der Waals surface area contributed by atoms with E-state index in [0.29, 0.717) is 0 Å². The number of rotatable bonds is 9. The van der Waals surface area contributed by atoms with Crippen molar-refractivity contribution >= 4 is 13.7 Å². The highest BCUT2D eigenvalue weighted by Crippen LogP contribution is 2.16. The third-order valence-electron chi connectivity index (χ3n) is 2.71. The fourth-order valence-electron chi connectivity index (χ4n) is 1.86. The third-order valence-corrected chi connectivity index (χ3v) is 6.09. The van der Waals surface area contributed by atoms with Crippen LogP contribution in [0.3, 0.4) is 0 Å². The van der Waals surface area contributed by atoms with Gasteiger partial charge in [-0.25, -0.2) is 0 Å². The van der Waals surface area contributed by atoms with Gasteiger partial charge in [-0.15, -0.1) is 6.58 Å². The Balaban J connectivity index is 2.97. The molecule has 0 saturated carbocycles. The minimum absolute atomic E-state index is 0.749. The average molecular weight is 264 g/mol. The van der Waals surface area contributed by atoms with E-state index in [-0.39, 0.29) is 0 Å². The number of benzene rings is 1. The summed E-state index contributed by atoms with van der Waals surface area (Å²) in [5.74, 6) is 0. The highest BCUT2D eigenvalue weighted by molar-refractivity contribution is 6.81. The van der Waals surface area contributed by atoms with Crippen LogP contribution >= 0.6 is 0 Å². The van der Waals surface area contributed by atoms with Gasteiger partial charge in [-0.1, -0.05) is 50.3 Å². The van der Waals surface area contributed by atoms with Crippen molar-refractivity contribution in [2.24, 2.45) is 0 Å². The molecule has 0 atom stereocenters. The molecule has 1 aromatic rings. The van der Waals surface area contributed by atoms with Crippen LogP contribution in [-0.4, -0.2) is 21.8 Å². The summed E-state index contributed by atoms with van der Waals surface area (Å²) in [5.41, 5.74) is 0. The van der Waals surface area contributed by atoms with Crippen molar-refractivity contribution < 1.29 is 8.85 Å². The van der Waals surface area contributed by atoms with Crippen LogP contribution in [0.25, 0.3) is 0 Å². The SMILES string of the molecule is C=CC[Si](OCCC)(OCCC)c1ccccc1. The Labute approximate surface area is 112 Å². The highest BCUT2D eigenvalue weighted by Gasteiger charge is 2.38. The van der Waals surface area contributed by atoms with Crippen molar-refractivity contribution in [2.45, 2.75) is 32.7 Å². The van der Waals surface area contributed by atoms with Gasteiger partial charge in [-0.05, 0) is 18.0 Å². The summed E-state index contributed by atoms with van der Waals surface area (Å²) in [4.78, 5) is 0. The molecule has 2 nitrogen and oxygen atoms in total. The average Bonchev–Trinajstić information content (AvgIpc) is 2.43. The summed E-state index contributed by atoms with van der Waals surface area (Å²) in [6, 6.07) is 11.1. The zero-order valence-corrected chi connectivity index (χ0v) is 12.5. The fraction of sp³-hybridized carbons (Fsp3) is 0.467. The van der Waals surface area contributed by atoms with E-state index in [1.54, 1.807) is 0 Å². The molecule has 18 heavy (non-hydrogen) atoms. The van der Waals surface area contributed by atoms with E-state index >= 15 is 0 Å². The second-order valence-electron chi connectivity index (χ2n) is 4.31. The van der Waals surface area contributed by atoms with Gasteiger partial charge in [0.1, 0.15) is 0 Å². The van der Waals surface area contributed by atoms with E-state index in [9.17, 15) is 0 Å². The first-order chi connectivity index (χ1) is 8.79. The smallest absolute Gasteiger partial charge is 0.376 e. The molecule has 0 spiro atoms. The number of hydrogen-bond acceptors (Lipinski definition) is 2. The van der Waals surface area contributed by atoms with Crippen LogP contribution in [0.5, 0.6) is 0 Å². The lowest BCUT2D eigenvalue weighted by Crippen LogP contribution is -2.53. The fourth-order valence-corrected chi connectivity index (χ4v) is 4.90. The van der Waals surface area contributed by atoms with Crippen molar-refractivity contribution in [2.75, 3.05) is 13.2 Å². The number of allylic oxidation sites excluding steroid dienone is 1. The maximum absolute atomic E-state index is 6.15. The van der Waals surface area contributed by atoms with E-state index < -0.39 is 8.56 Å². The topological polar surface area (TPSA) is 18.5 Å². The predicted octanol–water partition coefficient (Wildman–Crippen LogP) is 3.38. The van der Waals surface area contributed by atoms with Crippen LogP contribution < -0.4 is 5.19 Å². The van der Waals surface area contributed by atoms with Gasteiger partial charge >= 0.3 is 8.56 Å². The van der Waals surface area contributed by atoms with E-state index in [1.807, 2.05) is 24.3 Å². The predicted molar refractivity (Wildman–Crippen MR) is 79.3 cm³/mol. The molecule has 0 fully saturated rings. The molecule has 1 aromatic carbocycles. The highest BCUT2D eigenvalue weighted by atomic mass is 28.4. The maximum Gasteiger partial charge on any atom is 0.376 e. The van der Waals surface area contributed by atoms with E-state index in [2.05, 4.69) is 32.6 Å². The molecule has 3 heteroatoms. The normalized spacial score (nSPS) is 11.4. The molecular weight excluding hydrogens is 240 g/mol. The van der Waals surface area contributed by atoms with Gasteiger partial charge < -0.3 is 8.85 Å². The van der Waals surface area contributed by atoms with Crippen molar-refractivity contribution in [3.05, 3.63) is 43.0 Å². The Bertz CT molecular complexity index is 330. The standard InChI is InChI=1S/C15H24O2Si/c1-4-12-16-18(14-6-3,17-13-5-2)15-10-8-7-9-11-15/h6-11H,3-5,12-14H2,1-2H3. The second-order valence-corrected chi connectivity index (χ2v) is 7.38. The van der Waals surface area contributed by atoms with Crippen LogP contribution in [0.4, 0.5) is 0 Å². The van der Waals surface area contributed by atoms with Gasteiger partial charge in [0.25, 0.3) is 0 Å². The van der Waals surface area contributed by atoms with Crippen LogP contribution in [0.15, 0.2) is 43.0 Å².